The molecular formula is C16H18N2O5. The average molecular weight is 318 g/mol. The maximum Gasteiger partial charge on any atom is 0.310 e. The second kappa shape index (κ2) is 8.54. The maximum atomic E-state index is 11.8. The van der Waals surface area contributed by atoms with Crippen molar-refractivity contribution in [3.05, 3.63) is 23.8 Å². The molecule has 0 radical (unpaired) electrons. The highest BCUT2D eigenvalue weighted by Gasteiger charge is 2.21. The number of carbonyl (C=O) groups is 2. The molecule has 0 heterocycles. The number of methoxy groups -OCH3 is 2. The van der Waals surface area contributed by atoms with Gasteiger partial charge in [-0.05, 0) is 24.6 Å². The van der Waals surface area contributed by atoms with Gasteiger partial charge in [0.1, 0.15) is 5.92 Å². The lowest BCUT2D eigenvalue weighted by Gasteiger charge is -2.10. The van der Waals surface area contributed by atoms with Gasteiger partial charge in [-0.15, -0.1) is 0 Å². The van der Waals surface area contributed by atoms with Gasteiger partial charge < -0.3 is 19.6 Å². The number of nitrogens with zero attached hydrogens (tertiary/aromatic N) is 1. The predicted molar refractivity (Wildman–Crippen MR) is 81.7 cm³/mol. The molecule has 0 amide bonds. The summed E-state index contributed by atoms with van der Waals surface area (Å²) in [6.45, 7) is 0.831. The van der Waals surface area contributed by atoms with Gasteiger partial charge in [-0.1, -0.05) is 6.07 Å². The highest BCUT2D eigenvalue weighted by molar-refractivity contribution is 6.06. The molecule has 7 nitrogen and oxygen atoms in total. The first-order valence-corrected chi connectivity index (χ1v) is 6.76. The Labute approximate surface area is 134 Å². The monoisotopic (exact) mass is 318 g/mol. The Kier molecular flexibility index (Phi) is 6.74. The number of carbonyl (C=O) groups excluding carboxylic acids is 2. The summed E-state index contributed by atoms with van der Waals surface area (Å²) in [7, 11) is 2.99. The first-order chi connectivity index (χ1) is 10.9. The largest absolute Gasteiger partial charge is 0.493 e. The lowest BCUT2D eigenvalue weighted by atomic mass is 10.0. The van der Waals surface area contributed by atoms with Crippen LogP contribution in [0.3, 0.4) is 0 Å². The molecule has 1 rings (SSSR count). The van der Waals surface area contributed by atoms with Crippen molar-refractivity contribution in [3.8, 4) is 17.6 Å². The van der Waals surface area contributed by atoms with E-state index in [4.69, 9.17) is 24.9 Å². The van der Waals surface area contributed by atoms with Gasteiger partial charge in [-0.2, -0.15) is 5.26 Å². The molecule has 0 aliphatic rings. The van der Waals surface area contributed by atoms with Gasteiger partial charge in [-0.3, -0.25) is 9.59 Å². The fourth-order valence-electron chi connectivity index (χ4n) is 1.85. The Hall–Kier alpha value is -2.88. The maximum absolute atomic E-state index is 11.8. The molecule has 0 saturated heterocycles. The summed E-state index contributed by atoms with van der Waals surface area (Å²) in [5, 5.41) is 16.1. The smallest absolute Gasteiger partial charge is 0.310 e. The van der Waals surface area contributed by atoms with Crippen molar-refractivity contribution in [3.63, 3.8) is 0 Å². The van der Waals surface area contributed by atoms with Crippen LogP contribution in [0.2, 0.25) is 0 Å². The topological polar surface area (TPSA) is 109 Å². The number of esters is 1. The number of hydrogen-bond acceptors (Lipinski definition) is 7. The predicted octanol–water partition coefficient (Wildman–Crippen LogP) is 1.54. The van der Waals surface area contributed by atoms with E-state index in [1.165, 1.54) is 21.1 Å². The molecule has 0 aliphatic heterocycles. The lowest BCUT2D eigenvalue weighted by Crippen LogP contribution is -2.26. The van der Waals surface area contributed by atoms with E-state index >= 15 is 0 Å². The van der Waals surface area contributed by atoms with E-state index in [2.05, 4.69) is 0 Å². The highest BCUT2D eigenvalue weighted by Crippen LogP contribution is 2.27. The Bertz CT molecular complexity index is 648. The summed E-state index contributed by atoms with van der Waals surface area (Å²) in [6.07, 6.45) is -0.0472. The van der Waals surface area contributed by atoms with E-state index in [1.807, 2.05) is 0 Å². The molecule has 23 heavy (non-hydrogen) atoms. The Morgan fingerprint density at radius 3 is 2.43 bits per heavy atom. The van der Waals surface area contributed by atoms with Crippen LogP contribution in [0.5, 0.6) is 11.5 Å². The van der Waals surface area contributed by atoms with E-state index in [0.717, 1.165) is 0 Å². The van der Waals surface area contributed by atoms with Crippen LogP contribution in [0.4, 0.5) is 0 Å². The zero-order valence-electron chi connectivity index (χ0n) is 13.2. The molecule has 7 heteroatoms. The van der Waals surface area contributed by atoms with Crippen LogP contribution in [0.25, 0.3) is 0 Å². The van der Waals surface area contributed by atoms with Crippen molar-refractivity contribution in [1.82, 2.24) is 0 Å². The zero-order valence-corrected chi connectivity index (χ0v) is 13.2. The van der Waals surface area contributed by atoms with E-state index in [1.54, 1.807) is 24.3 Å². The van der Waals surface area contributed by atoms with Gasteiger partial charge in [0.2, 0.25) is 0 Å². The minimum Gasteiger partial charge on any atom is -0.493 e. The normalized spacial score (nSPS) is 11.0. The van der Waals surface area contributed by atoms with Gasteiger partial charge in [0.25, 0.3) is 0 Å². The quantitative estimate of drug-likeness (QED) is 0.575. The van der Waals surface area contributed by atoms with E-state index < -0.39 is 24.3 Å². The van der Waals surface area contributed by atoms with Gasteiger partial charge in [0.15, 0.2) is 23.9 Å². The summed E-state index contributed by atoms with van der Waals surface area (Å²) in [4.78, 5) is 23.4. The van der Waals surface area contributed by atoms with Gasteiger partial charge in [0.05, 0.1) is 26.7 Å². The first-order valence-electron chi connectivity index (χ1n) is 6.76. The third-order valence-corrected chi connectivity index (χ3v) is 3.06. The van der Waals surface area contributed by atoms with Gasteiger partial charge in [-0.25, -0.2) is 0 Å². The van der Waals surface area contributed by atoms with Crippen molar-refractivity contribution < 1.29 is 23.8 Å². The number of Topliss-reactive ketones (excluding diaryl/α,β-unsaturated/α-hetero) is 1. The third-order valence-electron chi connectivity index (χ3n) is 3.06. The van der Waals surface area contributed by atoms with Crippen LogP contribution in [-0.2, 0) is 20.7 Å². The average Bonchev–Trinajstić information content (AvgIpc) is 2.53. The number of hydrogen-bond donors (Lipinski definition) is 1. The second-order valence-electron chi connectivity index (χ2n) is 4.74. The minimum atomic E-state index is -1.18. The number of ether oxygens (including phenoxy) is 3. The summed E-state index contributed by atoms with van der Waals surface area (Å²) in [5.74, 6) is -1.37. The van der Waals surface area contributed by atoms with Crippen molar-refractivity contribution in [1.29, 1.82) is 10.7 Å². The lowest BCUT2D eigenvalue weighted by molar-refractivity contribution is -0.147. The Morgan fingerprint density at radius 1 is 1.26 bits per heavy atom. The fourth-order valence-corrected chi connectivity index (χ4v) is 1.85. The SMILES string of the molecule is COc1ccc(CC(=O)OCC(=O)C(C#N)C(C)=N)cc1OC. The Morgan fingerprint density at radius 2 is 1.91 bits per heavy atom. The van der Waals surface area contributed by atoms with E-state index in [0.29, 0.717) is 17.1 Å². The zero-order chi connectivity index (χ0) is 17.4. The van der Waals surface area contributed by atoms with Crippen LogP contribution in [0, 0.1) is 22.7 Å². The first kappa shape index (κ1) is 18.2. The molecule has 1 N–H and O–H groups in total. The molecule has 1 unspecified atom stereocenters. The summed E-state index contributed by atoms with van der Waals surface area (Å²) in [5.41, 5.74) is 0.564. The molecule has 1 aromatic carbocycles. The number of nitriles is 1. The number of benzene rings is 1. The molecule has 0 fully saturated rings. The molecule has 1 aromatic rings. The number of ketones is 1. The van der Waals surface area contributed by atoms with E-state index in [9.17, 15) is 9.59 Å². The molecule has 0 saturated carbocycles. The highest BCUT2D eigenvalue weighted by atomic mass is 16.5. The molecule has 1 atom stereocenters. The van der Waals surface area contributed by atoms with Crippen LogP contribution < -0.4 is 9.47 Å². The summed E-state index contributed by atoms with van der Waals surface area (Å²) >= 11 is 0. The van der Waals surface area contributed by atoms with Crippen molar-refractivity contribution >= 4 is 17.5 Å². The van der Waals surface area contributed by atoms with Crippen LogP contribution >= 0.6 is 0 Å². The number of nitrogens with one attached hydrogen (secondary N) is 1. The summed E-state index contributed by atoms with van der Waals surface area (Å²) < 4.78 is 15.1. The fraction of sp³-hybridized carbons (Fsp3) is 0.375. The van der Waals surface area contributed by atoms with Crippen LogP contribution in [0.1, 0.15) is 12.5 Å². The minimum absolute atomic E-state index is 0.0472. The standard InChI is InChI=1S/C16H18N2O5/c1-10(18)12(8-17)13(19)9-23-16(20)7-11-4-5-14(21-2)15(6-11)22-3/h4-6,12,18H,7,9H2,1-3H3. The van der Waals surface area contributed by atoms with E-state index in [-0.39, 0.29) is 12.1 Å². The van der Waals surface area contributed by atoms with Crippen LogP contribution in [-0.4, -0.2) is 38.3 Å². The molecule has 122 valence electrons. The van der Waals surface area contributed by atoms with Crippen molar-refractivity contribution in [2.75, 3.05) is 20.8 Å². The number of rotatable bonds is 8. The molecule has 0 aromatic heterocycles. The summed E-state index contributed by atoms with van der Waals surface area (Å²) in [6, 6.07) is 6.70. The Balaban J connectivity index is 2.62. The molecule has 0 aliphatic carbocycles. The molecular weight excluding hydrogens is 300 g/mol. The second-order valence-corrected chi connectivity index (χ2v) is 4.74. The van der Waals surface area contributed by atoms with Gasteiger partial charge in [0, 0.05) is 5.71 Å². The van der Waals surface area contributed by atoms with Crippen molar-refractivity contribution in [2.45, 2.75) is 13.3 Å². The molecule has 0 bridgehead atoms. The van der Waals surface area contributed by atoms with Crippen molar-refractivity contribution in [2.24, 2.45) is 5.92 Å². The third kappa shape index (κ3) is 5.11. The molecule has 0 spiro atoms. The van der Waals surface area contributed by atoms with Gasteiger partial charge >= 0.3 is 5.97 Å². The van der Waals surface area contributed by atoms with Crippen LogP contribution in [0.15, 0.2) is 18.2 Å².